The highest BCUT2D eigenvalue weighted by Gasteiger charge is 2.07. The van der Waals surface area contributed by atoms with E-state index in [1.54, 1.807) is 37.3 Å². The molecule has 0 saturated heterocycles. The zero-order valence-corrected chi connectivity index (χ0v) is 12.2. The van der Waals surface area contributed by atoms with Gasteiger partial charge in [0.15, 0.2) is 0 Å². The number of ether oxygens (including phenoxy) is 2. The van der Waals surface area contributed by atoms with Crippen LogP contribution in [-0.4, -0.2) is 19.2 Å². The second kappa shape index (κ2) is 6.11. The smallest absolute Gasteiger partial charge is 0.150 e. The predicted octanol–water partition coefficient (Wildman–Crippen LogP) is 3.76. The number of hydrogen-bond acceptors (Lipinski definition) is 5. The van der Waals surface area contributed by atoms with E-state index in [2.05, 4.69) is 10.4 Å². The number of nitrogens with zero attached hydrogens (tertiary/aromatic N) is 1. The van der Waals surface area contributed by atoms with Gasteiger partial charge in [-0.15, -0.1) is 11.3 Å². The zero-order valence-electron chi connectivity index (χ0n) is 10.6. The highest BCUT2D eigenvalue weighted by atomic mass is 32.2. The number of thioether (sulfide) groups is 1. The Bertz CT molecular complexity index is 525. The Morgan fingerprint density at radius 2 is 2.11 bits per heavy atom. The quantitative estimate of drug-likeness (QED) is 0.781. The molecule has 0 fully saturated rings. The molecule has 0 amide bonds. The highest BCUT2D eigenvalue weighted by molar-refractivity contribution is 8.00. The summed E-state index contributed by atoms with van der Waals surface area (Å²) in [5, 5.41) is 2.06. The Morgan fingerprint density at radius 3 is 2.72 bits per heavy atom. The molecule has 0 saturated carbocycles. The van der Waals surface area contributed by atoms with Crippen LogP contribution in [0.5, 0.6) is 11.5 Å². The van der Waals surface area contributed by atoms with Crippen molar-refractivity contribution in [3.63, 3.8) is 0 Å². The molecule has 0 N–H and O–H groups in total. The van der Waals surface area contributed by atoms with Gasteiger partial charge in [0, 0.05) is 22.4 Å². The number of benzene rings is 1. The van der Waals surface area contributed by atoms with Crippen molar-refractivity contribution in [3.05, 3.63) is 34.8 Å². The van der Waals surface area contributed by atoms with Crippen LogP contribution in [0.25, 0.3) is 0 Å². The second-order valence-electron chi connectivity index (χ2n) is 3.72. The van der Waals surface area contributed by atoms with E-state index >= 15 is 0 Å². The van der Waals surface area contributed by atoms with Gasteiger partial charge in [-0.05, 0) is 25.1 Å². The zero-order chi connectivity index (χ0) is 13.0. The fourth-order valence-corrected chi connectivity index (χ4v) is 3.36. The van der Waals surface area contributed by atoms with Crippen LogP contribution in [0.2, 0.25) is 0 Å². The normalized spacial score (nSPS) is 10.4. The van der Waals surface area contributed by atoms with E-state index in [1.165, 1.54) is 0 Å². The predicted molar refractivity (Wildman–Crippen MR) is 76.0 cm³/mol. The molecular weight excluding hydrogens is 266 g/mol. The van der Waals surface area contributed by atoms with E-state index in [9.17, 15) is 0 Å². The van der Waals surface area contributed by atoms with Crippen molar-refractivity contribution in [2.45, 2.75) is 17.0 Å². The first kappa shape index (κ1) is 13.2. The molecule has 1 aromatic carbocycles. The van der Waals surface area contributed by atoms with Crippen LogP contribution in [-0.2, 0) is 5.75 Å². The van der Waals surface area contributed by atoms with Crippen LogP contribution in [0.15, 0.2) is 27.9 Å². The van der Waals surface area contributed by atoms with Crippen molar-refractivity contribution in [2.75, 3.05) is 14.2 Å². The highest BCUT2D eigenvalue weighted by Crippen LogP contribution is 2.31. The summed E-state index contributed by atoms with van der Waals surface area (Å²) in [7, 11) is 3.35. The molecule has 2 rings (SSSR count). The molecule has 0 unspecified atom stereocenters. The number of aromatic nitrogens is 1. The molecule has 0 aliphatic carbocycles. The minimum Gasteiger partial charge on any atom is -0.497 e. The Kier molecular flexibility index (Phi) is 4.49. The Hall–Kier alpha value is -1.20. The van der Waals surface area contributed by atoms with Gasteiger partial charge < -0.3 is 9.47 Å². The van der Waals surface area contributed by atoms with Crippen LogP contribution < -0.4 is 9.47 Å². The van der Waals surface area contributed by atoms with Gasteiger partial charge in [0.25, 0.3) is 0 Å². The average molecular weight is 281 g/mol. The molecule has 0 bridgehead atoms. The molecule has 3 nitrogen and oxygen atoms in total. The molecule has 18 heavy (non-hydrogen) atoms. The summed E-state index contributed by atoms with van der Waals surface area (Å²) in [6, 6.07) is 5.84. The first-order valence-corrected chi connectivity index (χ1v) is 7.35. The van der Waals surface area contributed by atoms with Crippen molar-refractivity contribution in [1.29, 1.82) is 0 Å². The van der Waals surface area contributed by atoms with E-state index in [0.717, 1.165) is 32.8 Å². The molecule has 0 atom stereocenters. The first-order valence-electron chi connectivity index (χ1n) is 5.48. The second-order valence-corrected chi connectivity index (χ2v) is 5.80. The lowest BCUT2D eigenvalue weighted by Gasteiger charge is -2.09. The van der Waals surface area contributed by atoms with E-state index < -0.39 is 0 Å². The van der Waals surface area contributed by atoms with Crippen LogP contribution in [0.1, 0.15) is 11.3 Å². The monoisotopic (exact) mass is 281 g/mol. The van der Waals surface area contributed by atoms with Crippen molar-refractivity contribution >= 4 is 23.1 Å². The van der Waals surface area contributed by atoms with Crippen molar-refractivity contribution in [3.8, 4) is 11.5 Å². The van der Waals surface area contributed by atoms with Crippen LogP contribution >= 0.6 is 23.1 Å². The lowest BCUT2D eigenvalue weighted by atomic mass is 10.2. The van der Waals surface area contributed by atoms with E-state index in [0.29, 0.717) is 0 Å². The molecule has 96 valence electrons. The molecule has 5 heteroatoms. The van der Waals surface area contributed by atoms with Gasteiger partial charge in [-0.2, -0.15) is 0 Å². The number of aryl methyl sites for hydroxylation is 1. The van der Waals surface area contributed by atoms with Gasteiger partial charge in [-0.25, -0.2) is 4.98 Å². The van der Waals surface area contributed by atoms with Crippen molar-refractivity contribution < 1.29 is 9.47 Å². The summed E-state index contributed by atoms with van der Waals surface area (Å²) in [4.78, 5) is 4.43. The minimum atomic E-state index is 0.827. The summed E-state index contributed by atoms with van der Waals surface area (Å²) >= 11 is 3.39. The van der Waals surface area contributed by atoms with E-state index in [-0.39, 0.29) is 0 Å². The van der Waals surface area contributed by atoms with Gasteiger partial charge in [0.1, 0.15) is 15.8 Å². The summed E-state index contributed by atoms with van der Waals surface area (Å²) in [5.41, 5.74) is 2.19. The van der Waals surface area contributed by atoms with Gasteiger partial charge >= 0.3 is 0 Å². The summed E-state index contributed by atoms with van der Waals surface area (Å²) in [5.74, 6) is 2.56. The number of methoxy groups -OCH3 is 2. The molecule has 0 aliphatic heterocycles. The number of thiazole rings is 1. The first-order chi connectivity index (χ1) is 8.72. The Labute approximate surface area is 115 Å². The number of hydrogen-bond donors (Lipinski definition) is 0. The summed E-state index contributed by atoms with van der Waals surface area (Å²) in [6.45, 7) is 2.01. The van der Waals surface area contributed by atoms with Crippen LogP contribution in [0.4, 0.5) is 0 Å². The lowest BCUT2D eigenvalue weighted by Crippen LogP contribution is -1.92. The third-order valence-electron chi connectivity index (χ3n) is 2.44. The van der Waals surface area contributed by atoms with Crippen molar-refractivity contribution in [1.82, 2.24) is 4.98 Å². The largest absolute Gasteiger partial charge is 0.497 e. The molecule has 0 spiro atoms. The van der Waals surface area contributed by atoms with Gasteiger partial charge in [0.2, 0.25) is 0 Å². The fraction of sp³-hybridized carbons (Fsp3) is 0.308. The third-order valence-corrected chi connectivity index (χ3v) is 4.62. The van der Waals surface area contributed by atoms with Crippen LogP contribution in [0.3, 0.4) is 0 Å². The fourth-order valence-electron chi connectivity index (χ4n) is 1.53. The van der Waals surface area contributed by atoms with Gasteiger partial charge in [-0.3, -0.25) is 0 Å². The van der Waals surface area contributed by atoms with Gasteiger partial charge in [-0.1, -0.05) is 11.8 Å². The SMILES string of the molecule is COc1ccc(OC)c(CSc2nc(C)cs2)c1. The Balaban J connectivity index is 2.11. The van der Waals surface area contributed by atoms with Crippen molar-refractivity contribution in [2.24, 2.45) is 0 Å². The van der Waals surface area contributed by atoms with Crippen LogP contribution in [0, 0.1) is 6.92 Å². The molecule has 0 aliphatic rings. The average Bonchev–Trinajstić information content (AvgIpc) is 2.81. The maximum absolute atomic E-state index is 5.35. The van der Waals surface area contributed by atoms with E-state index in [4.69, 9.17) is 9.47 Å². The summed E-state index contributed by atoms with van der Waals surface area (Å²) < 4.78 is 11.7. The number of rotatable bonds is 5. The molecule has 2 aromatic rings. The lowest BCUT2D eigenvalue weighted by molar-refractivity contribution is 0.400. The van der Waals surface area contributed by atoms with E-state index in [1.807, 2.05) is 25.1 Å². The summed E-state index contributed by atoms with van der Waals surface area (Å²) in [6.07, 6.45) is 0. The maximum Gasteiger partial charge on any atom is 0.150 e. The molecule has 1 heterocycles. The standard InChI is InChI=1S/C13H15NO2S2/c1-9-7-17-13(14-9)18-8-10-6-11(15-2)4-5-12(10)16-3/h4-7H,8H2,1-3H3. The van der Waals surface area contributed by atoms with Gasteiger partial charge in [0.05, 0.1) is 14.2 Å². The molecular formula is C13H15NO2S2. The Morgan fingerprint density at radius 1 is 1.28 bits per heavy atom. The maximum atomic E-state index is 5.35. The minimum absolute atomic E-state index is 0.827. The topological polar surface area (TPSA) is 31.4 Å². The molecule has 0 radical (unpaired) electrons. The third kappa shape index (κ3) is 3.17. The molecule has 1 aromatic heterocycles.